The second-order valence-corrected chi connectivity index (χ2v) is 10.5. The van der Waals surface area contributed by atoms with Crippen LogP contribution in [-0.2, 0) is 11.8 Å². The maximum Gasteiger partial charge on any atom is 0.406 e. The Bertz CT molecular complexity index is 1510. The Morgan fingerprint density at radius 2 is 1.78 bits per heavy atom. The zero-order chi connectivity index (χ0) is 29.5. The molecule has 2 aliphatic rings. The summed E-state index contributed by atoms with van der Waals surface area (Å²) in [4.78, 5) is 45.4. The van der Waals surface area contributed by atoms with Gasteiger partial charge in [-0.2, -0.15) is 13.2 Å². The van der Waals surface area contributed by atoms with E-state index >= 15 is 0 Å². The maximum absolute atomic E-state index is 14.5. The molecule has 2 saturated heterocycles. The maximum atomic E-state index is 14.5. The van der Waals surface area contributed by atoms with Gasteiger partial charge in [0.05, 0.1) is 5.52 Å². The van der Waals surface area contributed by atoms with Gasteiger partial charge in [-0.3, -0.25) is 13.9 Å². The first kappa shape index (κ1) is 28.6. The average molecular weight is 581 g/mol. The topological polar surface area (TPSA) is 92.5 Å². The fraction of sp³-hybridized carbons (Fsp3) is 0.481. The molecule has 14 heteroatoms. The number of halogens is 5. The van der Waals surface area contributed by atoms with E-state index in [0.29, 0.717) is 28.9 Å². The van der Waals surface area contributed by atoms with Crippen LogP contribution in [0.3, 0.4) is 0 Å². The molecule has 1 N–H and O–H groups in total. The van der Waals surface area contributed by atoms with Crippen LogP contribution in [0.1, 0.15) is 43.2 Å². The van der Waals surface area contributed by atoms with Crippen LogP contribution in [0.15, 0.2) is 41.3 Å². The molecule has 3 aromatic rings. The fourth-order valence-corrected chi connectivity index (χ4v) is 5.85. The SMILES string of the molecule is Cn1c(=O)n(C2CCN(C(=O)N[C@@H]3CCC(c4cccc(F)c4F)CN(CC(F)(F)F)C3=O)CC2)c2cccnc21. The van der Waals surface area contributed by atoms with Gasteiger partial charge in [-0.15, -0.1) is 0 Å². The Kier molecular flexibility index (Phi) is 7.75. The number of nitrogens with zero attached hydrogens (tertiary/aromatic N) is 5. The number of hydrogen-bond acceptors (Lipinski definition) is 4. The molecule has 3 amide bonds. The molecule has 4 heterocycles. The van der Waals surface area contributed by atoms with Gasteiger partial charge in [0.2, 0.25) is 5.91 Å². The van der Waals surface area contributed by atoms with Gasteiger partial charge in [-0.25, -0.2) is 23.4 Å². The molecule has 2 atom stereocenters. The molecule has 220 valence electrons. The summed E-state index contributed by atoms with van der Waals surface area (Å²) in [6, 6.07) is 4.93. The van der Waals surface area contributed by atoms with Crippen LogP contribution in [-0.4, -0.2) is 74.3 Å². The number of nitrogens with one attached hydrogen (secondary N) is 1. The van der Waals surface area contributed by atoms with Crippen molar-refractivity contribution in [3.8, 4) is 0 Å². The van der Waals surface area contributed by atoms with Crippen LogP contribution in [0.25, 0.3) is 11.2 Å². The summed E-state index contributed by atoms with van der Waals surface area (Å²) >= 11 is 0. The zero-order valence-electron chi connectivity index (χ0n) is 22.2. The zero-order valence-corrected chi connectivity index (χ0v) is 22.2. The molecule has 0 radical (unpaired) electrons. The molecule has 5 rings (SSSR count). The van der Waals surface area contributed by atoms with E-state index in [9.17, 15) is 36.3 Å². The quantitative estimate of drug-likeness (QED) is 0.477. The van der Waals surface area contributed by atoms with Crippen molar-refractivity contribution in [1.82, 2.24) is 29.2 Å². The normalized spacial score (nSPS) is 20.9. The van der Waals surface area contributed by atoms with Gasteiger partial charge in [0.25, 0.3) is 0 Å². The van der Waals surface area contributed by atoms with E-state index in [1.54, 1.807) is 29.9 Å². The van der Waals surface area contributed by atoms with Crippen molar-refractivity contribution in [2.24, 2.45) is 7.05 Å². The minimum Gasteiger partial charge on any atom is -0.331 e. The summed E-state index contributed by atoms with van der Waals surface area (Å²) in [5.74, 6) is -4.11. The lowest BCUT2D eigenvalue weighted by Crippen LogP contribution is -2.54. The first-order valence-electron chi connectivity index (χ1n) is 13.3. The number of carbonyl (C=O) groups is 2. The van der Waals surface area contributed by atoms with Gasteiger partial charge < -0.3 is 15.1 Å². The highest BCUT2D eigenvalue weighted by molar-refractivity contribution is 5.87. The highest BCUT2D eigenvalue weighted by atomic mass is 19.4. The highest BCUT2D eigenvalue weighted by Gasteiger charge is 2.40. The van der Waals surface area contributed by atoms with Crippen LogP contribution >= 0.6 is 0 Å². The molecule has 2 fully saturated rings. The minimum atomic E-state index is -4.73. The number of likely N-dealkylation sites (tertiary alicyclic amines) is 2. The lowest BCUT2D eigenvalue weighted by atomic mass is 9.93. The lowest BCUT2D eigenvalue weighted by molar-refractivity contribution is -0.162. The van der Waals surface area contributed by atoms with Gasteiger partial charge in [0.15, 0.2) is 17.3 Å². The van der Waals surface area contributed by atoms with Crippen molar-refractivity contribution >= 4 is 23.1 Å². The Morgan fingerprint density at radius 3 is 2.49 bits per heavy atom. The van der Waals surface area contributed by atoms with Crippen molar-refractivity contribution in [3.05, 3.63) is 64.2 Å². The van der Waals surface area contributed by atoms with E-state index in [2.05, 4.69) is 10.3 Å². The first-order chi connectivity index (χ1) is 19.4. The number of aryl methyl sites for hydroxylation is 1. The standard InChI is InChI=1S/C27H29F5N6O3/c1-35-23-21(6-3-11-33-23)38(26(35)41)17-9-12-36(13-10-17)25(40)34-20-8-7-16(18-4-2-5-19(28)22(18)29)14-37(24(20)39)15-27(30,31)32/h2-6,11,16-17,20H,7-10,12-15H2,1H3,(H,34,40)/t16?,20-/m1/s1. The van der Waals surface area contributed by atoms with Crippen LogP contribution < -0.4 is 11.0 Å². The molecular weight excluding hydrogens is 551 g/mol. The number of carbonyl (C=O) groups excluding carboxylic acids is 2. The molecule has 0 aliphatic carbocycles. The fourth-order valence-electron chi connectivity index (χ4n) is 5.85. The van der Waals surface area contributed by atoms with Gasteiger partial charge in [-0.05, 0) is 49.4 Å². The summed E-state index contributed by atoms with van der Waals surface area (Å²) in [7, 11) is 1.63. The van der Waals surface area contributed by atoms with E-state index in [1.165, 1.54) is 21.6 Å². The Labute approximate surface area is 231 Å². The number of hydrogen-bond donors (Lipinski definition) is 1. The molecular formula is C27H29F5N6O3. The van der Waals surface area contributed by atoms with Crippen molar-refractivity contribution in [1.29, 1.82) is 0 Å². The van der Waals surface area contributed by atoms with Crippen molar-refractivity contribution < 1.29 is 31.5 Å². The number of imidazole rings is 1. The highest BCUT2D eigenvalue weighted by Crippen LogP contribution is 2.32. The smallest absolute Gasteiger partial charge is 0.331 e. The molecule has 0 spiro atoms. The van der Waals surface area contributed by atoms with Gasteiger partial charge in [-0.1, -0.05) is 12.1 Å². The molecule has 41 heavy (non-hydrogen) atoms. The number of urea groups is 1. The van der Waals surface area contributed by atoms with E-state index in [1.807, 2.05) is 0 Å². The van der Waals surface area contributed by atoms with Crippen molar-refractivity contribution in [2.75, 3.05) is 26.2 Å². The van der Waals surface area contributed by atoms with E-state index in [0.717, 1.165) is 6.07 Å². The van der Waals surface area contributed by atoms with Crippen LogP contribution in [0.4, 0.5) is 26.7 Å². The monoisotopic (exact) mass is 580 g/mol. The number of fused-ring (bicyclic) bond motifs is 1. The number of amides is 3. The molecule has 1 unspecified atom stereocenters. The number of alkyl halides is 3. The van der Waals surface area contributed by atoms with Crippen LogP contribution in [0.2, 0.25) is 0 Å². The number of benzene rings is 1. The second kappa shape index (κ2) is 11.1. The minimum absolute atomic E-state index is 0.0472. The van der Waals surface area contributed by atoms with Crippen LogP contribution in [0, 0.1) is 11.6 Å². The first-order valence-corrected chi connectivity index (χ1v) is 13.3. The Morgan fingerprint density at radius 1 is 1.05 bits per heavy atom. The summed E-state index contributed by atoms with van der Waals surface area (Å²) in [5, 5.41) is 2.57. The second-order valence-electron chi connectivity index (χ2n) is 10.5. The van der Waals surface area contributed by atoms with Crippen molar-refractivity contribution in [3.63, 3.8) is 0 Å². The van der Waals surface area contributed by atoms with Crippen molar-refractivity contribution in [2.45, 2.75) is 49.9 Å². The largest absolute Gasteiger partial charge is 0.406 e. The summed E-state index contributed by atoms with van der Waals surface area (Å²) < 4.78 is 71.5. The molecule has 2 aromatic heterocycles. The molecule has 0 saturated carbocycles. The van der Waals surface area contributed by atoms with E-state index < -0.39 is 54.8 Å². The van der Waals surface area contributed by atoms with Gasteiger partial charge >= 0.3 is 17.9 Å². The molecule has 2 aliphatic heterocycles. The predicted octanol–water partition coefficient (Wildman–Crippen LogP) is 3.70. The van der Waals surface area contributed by atoms with Gasteiger partial charge in [0.1, 0.15) is 12.6 Å². The molecule has 1 aromatic carbocycles. The lowest BCUT2D eigenvalue weighted by Gasteiger charge is -2.34. The summed E-state index contributed by atoms with van der Waals surface area (Å²) in [6.45, 7) is -1.54. The predicted molar refractivity (Wildman–Crippen MR) is 138 cm³/mol. The van der Waals surface area contributed by atoms with Gasteiger partial charge in [0, 0.05) is 44.8 Å². The Hall–Kier alpha value is -3.97. The molecule has 9 nitrogen and oxygen atoms in total. The van der Waals surface area contributed by atoms with E-state index in [-0.39, 0.29) is 43.2 Å². The van der Waals surface area contributed by atoms with Crippen LogP contribution in [0.5, 0.6) is 0 Å². The summed E-state index contributed by atoms with van der Waals surface area (Å²) in [5.41, 5.74) is 0.892. The summed E-state index contributed by atoms with van der Waals surface area (Å²) in [6.07, 6.45) is -2.22. The number of piperidine rings is 1. The Balaban J connectivity index is 1.28. The number of aromatic nitrogens is 3. The third-order valence-corrected chi connectivity index (χ3v) is 7.90. The third kappa shape index (κ3) is 5.77. The third-order valence-electron chi connectivity index (χ3n) is 7.90. The number of rotatable bonds is 4. The molecule has 0 bridgehead atoms. The number of pyridine rings is 1. The van der Waals surface area contributed by atoms with E-state index in [4.69, 9.17) is 0 Å². The average Bonchev–Trinajstić information content (AvgIpc) is 3.10.